The monoisotopic (exact) mass is 304 g/mol. The first-order chi connectivity index (χ1) is 11.1. The molecule has 1 atom stereocenters. The zero-order chi connectivity index (χ0) is 16.6. The largest absolute Gasteiger partial charge is 0.478 e. The van der Waals surface area contributed by atoms with E-state index in [9.17, 15) is 9.90 Å². The Hall–Kier alpha value is -3.06. The number of carboxylic acids is 1. The van der Waals surface area contributed by atoms with E-state index in [-0.39, 0.29) is 6.04 Å². The van der Waals surface area contributed by atoms with Crippen molar-refractivity contribution in [3.8, 4) is 0 Å². The van der Waals surface area contributed by atoms with E-state index < -0.39 is 5.97 Å². The maximum atomic E-state index is 11.7. The Morgan fingerprint density at radius 1 is 1.17 bits per heavy atom. The first-order valence-corrected chi connectivity index (χ1v) is 7.35. The number of para-hydroxylation sites is 2. The fourth-order valence-electron chi connectivity index (χ4n) is 3.24. The van der Waals surface area contributed by atoms with E-state index in [1.165, 1.54) is 0 Å². The highest BCUT2D eigenvalue weighted by molar-refractivity contribution is 6.05. The molecule has 1 N–H and O–H groups in total. The van der Waals surface area contributed by atoms with Crippen molar-refractivity contribution in [2.75, 3.05) is 0 Å². The molecule has 4 heteroatoms. The number of nitrogens with zero attached hydrogens (tertiary/aromatic N) is 2. The minimum Gasteiger partial charge on any atom is -0.478 e. The van der Waals surface area contributed by atoms with Gasteiger partial charge >= 0.3 is 5.97 Å². The molecule has 114 valence electrons. The van der Waals surface area contributed by atoms with Crippen molar-refractivity contribution in [1.29, 1.82) is 0 Å². The van der Waals surface area contributed by atoms with Gasteiger partial charge in [-0.25, -0.2) is 9.64 Å². The smallest absolute Gasteiger partial charge is 0.338 e. The summed E-state index contributed by atoms with van der Waals surface area (Å²) < 4.78 is 2.00. The molecule has 0 spiro atoms. The van der Waals surface area contributed by atoms with Crippen LogP contribution in [0.4, 0.5) is 5.69 Å². The lowest BCUT2D eigenvalue weighted by Gasteiger charge is -2.19. The normalized spacial score (nSPS) is 12.0. The molecule has 1 aromatic heterocycles. The molecule has 0 aliphatic rings. The summed E-state index contributed by atoms with van der Waals surface area (Å²) >= 11 is 0. The van der Waals surface area contributed by atoms with Crippen LogP contribution in [0.15, 0.2) is 48.5 Å². The number of benzene rings is 2. The number of aromatic nitrogens is 1. The van der Waals surface area contributed by atoms with Crippen LogP contribution in [0.3, 0.4) is 0 Å². The molecule has 3 aromatic rings. The Kier molecular flexibility index (Phi) is 3.63. The number of carboxylic acid groups (broad SMARTS) is 1. The van der Waals surface area contributed by atoms with E-state index in [4.69, 9.17) is 6.57 Å². The van der Waals surface area contributed by atoms with Crippen LogP contribution in [0.1, 0.15) is 34.6 Å². The second kappa shape index (κ2) is 5.62. The van der Waals surface area contributed by atoms with Gasteiger partial charge in [0.2, 0.25) is 0 Å². The molecule has 0 radical (unpaired) electrons. The van der Waals surface area contributed by atoms with E-state index in [1.54, 1.807) is 6.07 Å². The predicted octanol–water partition coefficient (Wildman–Crippen LogP) is 4.81. The Morgan fingerprint density at radius 2 is 1.83 bits per heavy atom. The van der Waals surface area contributed by atoms with E-state index in [1.807, 2.05) is 60.9 Å². The number of rotatable bonds is 3. The Bertz CT molecular complexity index is 948. The third-order valence-electron chi connectivity index (χ3n) is 4.26. The van der Waals surface area contributed by atoms with Crippen molar-refractivity contribution in [1.82, 2.24) is 4.57 Å². The topological polar surface area (TPSA) is 46.6 Å². The Morgan fingerprint density at radius 3 is 2.52 bits per heavy atom. The molecule has 4 nitrogen and oxygen atoms in total. The molecule has 0 saturated carbocycles. The van der Waals surface area contributed by atoms with Crippen LogP contribution in [0.5, 0.6) is 0 Å². The summed E-state index contributed by atoms with van der Waals surface area (Å²) in [6.45, 7) is 11.2. The van der Waals surface area contributed by atoms with Crippen LogP contribution in [-0.2, 0) is 0 Å². The molecule has 3 rings (SSSR count). The van der Waals surface area contributed by atoms with Gasteiger partial charge in [-0.3, -0.25) is 0 Å². The van der Waals surface area contributed by atoms with Crippen molar-refractivity contribution in [3.63, 3.8) is 0 Å². The molecular formula is C19H16N2O2. The van der Waals surface area contributed by atoms with Gasteiger partial charge in [0.1, 0.15) is 0 Å². The van der Waals surface area contributed by atoms with Gasteiger partial charge in [0.05, 0.1) is 12.1 Å². The molecule has 0 fully saturated rings. The first kappa shape index (κ1) is 14.9. The zero-order valence-corrected chi connectivity index (χ0v) is 12.9. The lowest BCUT2D eigenvalue weighted by molar-refractivity contribution is 0.0698. The van der Waals surface area contributed by atoms with Gasteiger partial charge in [-0.1, -0.05) is 42.5 Å². The highest BCUT2D eigenvalue weighted by Gasteiger charge is 2.23. The van der Waals surface area contributed by atoms with Crippen LogP contribution < -0.4 is 0 Å². The summed E-state index contributed by atoms with van der Waals surface area (Å²) in [5.41, 5.74) is 3.38. The van der Waals surface area contributed by atoms with Crippen molar-refractivity contribution >= 4 is 22.6 Å². The van der Waals surface area contributed by atoms with E-state index in [0.717, 1.165) is 16.5 Å². The van der Waals surface area contributed by atoms with Gasteiger partial charge in [-0.05, 0) is 25.5 Å². The Labute approximate surface area is 134 Å². The zero-order valence-electron chi connectivity index (χ0n) is 12.9. The lowest BCUT2D eigenvalue weighted by atomic mass is 10.1. The van der Waals surface area contributed by atoms with Gasteiger partial charge in [-0.15, -0.1) is 0 Å². The first-order valence-electron chi connectivity index (χ1n) is 7.35. The molecule has 1 unspecified atom stereocenters. The van der Waals surface area contributed by atoms with Gasteiger partial charge in [0.15, 0.2) is 5.69 Å². The average Bonchev–Trinajstić information content (AvgIpc) is 2.86. The van der Waals surface area contributed by atoms with E-state index in [0.29, 0.717) is 16.9 Å². The average molecular weight is 304 g/mol. The van der Waals surface area contributed by atoms with Gasteiger partial charge in [-0.2, -0.15) is 0 Å². The fraction of sp³-hybridized carbons (Fsp3) is 0.158. The number of aromatic carboxylic acids is 1. The van der Waals surface area contributed by atoms with Gasteiger partial charge < -0.3 is 9.67 Å². The minimum absolute atomic E-state index is 0.127. The molecule has 0 bridgehead atoms. The lowest BCUT2D eigenvalue weighted by Crippen LogP contribution is -2.10. The number of hydrogen-bond donors (Lipinski definition) is 1. The summed E-state index contributed by atoms with van der Waals surface area (Å²) in [4.78, 5) is 15.3. The number of fused-ring (bicyclic) bond motifs is 1. The SMILES string of the molecule is [C-]#[N+]c1ccccc1C(C)n1c(C)c(C(=O)O)c2ccccc21. The summed E-state index contributed by atoms with van der Waals surface area (Å²) in [5.74, 6) is -0.928. The maximum Gasteiger partial charge on any atom is 0.338 e. The van der Waals surface area contributed by atoms with Crippen LogP contribution in [0, 0.1) is 13.5 Å². The summed E-state index contributed by atoms with van der Waals surface area (Å²) in [6.07, 6.45) is 0. The van der Waals surface area contributed by atoms with Crippen LogP contribution >= 0.6 is 0 Å². The molecule has 0 aliphatic heterocycles. The van der Waals surface area contributed by atoms with Crippen molar-refractivity contribution < 1.29 is 9.90 Å². The fourth-order valence-corrected chi connectivity index (χ4v) is 3.24. The number of carbonyl (C=O) groups is 1. The van der Waals surface area contributed by atoms with Gasteiger partial charge in [0, 0.05) is 22.6 Å². The molecular weight excluding hydrogens is 288 g/mol. The van der Waals surface area contributed by atoms with E-state index in [2.05, 4.69) is 4.85 Å². The number of hydrogen-bond acceptors (Lipinski definition) is 1. The van der Waals surface area contributed by atoms with Crippen LogP contribution in [-0.4, -0.2) is 15.6 Å². The Balaban J connectivity index is 2.30. The second-order valence-electron chi connectivity index (χ2n) is 5.50. The molecule has 23 heavy (non-hydrogen) atoms. The third kappa shape index (κ3) is 2.27. The summed E-state index contributed by atoms with van der Waals surface area (Å²) in [7, 11) is 0. The summed E-state index contributed by atoms with van der Waals surface area (Å²) in [5, 5.41) is 10.3. The standard InChI is InChI=1S/C19H16N2O2/c1-12(14-8-4-6-10-16(14)20-3)21-13(2)18(19(22)23)15-9-5-7-11-17(15)21/h4-12H,1-2H3,(H,22,23). The van der Waals surface area contributed by atoms with E-state index >= 15 is 0 Å². The highest BCUT2D eigenvalue weighted by Crippen LogP contribution is 2.35. The molecule has 0 aliphatic carbocycles. The molecule has 2 aromatic carbocycles. The molecule has 0 amide bonds. The molecule has 0 saturated heterocycles. The predicted molar refractivity (Wildman–Crippen MR) is 90.2 cm³/mol. The second-order valence-corrected chi connectivity index (χ2v) is 5.50. The van der Waals surface area contributed by atoms with Crippen LogP contribution in [0.2, 0.25) is 0 Å². The van der Waals surface area contributed by atoms with Crippen molar-refractivity contribution in [3.05, 3.63) is 76.8 Å². The quantitative estimate of drug-likeness (QED) is 0.706. The van der Waals surface area contributed by atoms with Crippen molar-refractivity contribution in [2.24, 2.45) is 0 Å². The minimum atomic E-state index is -0.928. The van der Waals surface area contributed by atoms with Crippen molar-refractivity contribution in [2.45, 2.75) is 19.9 Å². The van der Waals surface area contributed by atoms with Gasteiger partial charge in [0.25, 0.3) is 0 Å². The summed E-state index contributed by atoms with van der Waals surface area (Å²) in [6, 6.07) is 14.8. The highest BCUT2D eigenvalue weighted by atomic mass is 16.4. The van der Waals surface area contributed by atoms with Crippen LogP contribution in [0.25, 0.3) is 15.7 Å². The third-order valence-corrected chi connectivity index (χ3v) is 4.26. The molecule has 1 heterocycles. The maximum absolute atomic E-state index is 11.7.